The molecule has 3 aromatic rings. The van der Waals surface area contributed by atoms with Gasteiger partial charge in [-0.05, 0) is 36.8 Å². The molecule has 0 fully saturated rings. The molecule has 0 bridgehead atoms. The Morgan fingerprint density at radius 2 is 2.17 bits per heavy atom. The second kappa shape index (κ2) is 6.95. The Bertz CT molecular complexity index is 919. The third-order valence-electron chi connectivity index (χ3n) is 3.44. The van der Waals surface area contributed by atoms with E-state index >= 15 is 0 Å². The monoisotopic (exact) mass is 324 g/mol. The highest BCUT2D eigenvalue weighted by Gasteiger charge is 2.14. The molecule has 0 spiro atoms. The van der Waals surface area contributed by atoms with Crippen LogP contribution in [-0.2, 0) is 6.54 Å². The third kappa shape index (κ3) is 3.43. The van der Waals surface area contributed by atoms with Gasteiger partial charge in [-0.25, -0.2) is 4.79 Å². The van der Waals surface area contributed by atoms with E-state index in [4.69, 9.17) is 9.15 Å². The summed E-state index contributed by atoms with van der Waals surface area (Å²) in [6.45, 7) is 2.67. The van der Waals surface area contributed by atoms with E-state index in [9.17, 15) is 9.59 Å². The molecule has 1 amide bonds. The lowest BCUT2D eigenvalue weighted by Gasteiger charge is -2.06. The summed E-state index contributed by atoms with van der Waals surface area (Å²) in [5, 5.41) is 3.35. The highest BCUT2D eigenvalue weighted by atomic mass is 16.5. The van der Waals surface area contributed by atoms with Gasteiger partial charge in [0, 0.05) is 30.4 Å². The number of hydrogen-bond acceptors (Lipinski definition) is 5. The predicted molar refractivity (Wildman–Crippen MR) is 89.1 cm³/mol. The maximum Gasteiger partial charge on any atom is 0.349 e. The van der Waals surface area contributed by atoms with Gasteiger partial charge in [0.1, 0.15) is 16.9 Å². The molecule has 0 saturated heterocycles. The van der Waals surface area contributed by atoms with Crippen LogP contribution in [0.25, 0.3) is 11.0 Å². The molecule has 3 rings (SSSR count). The molecule has 0 atom stereocenters. The van der Waals surface area contributed by atoms with Crippen molar-refractivity contribution in [2.45, 2.75) is 13.5 Å². The number of nitrogens with one attached hydrogen (secondary N) is 1. The van der Waals surface area contributed by atoms with Crippen LogP contribution in [0.5, 0.6) is 5.75 Å². The van der Waals surface area contributed by atoms with E-state index in [1.165, 1.54) is 6.07 Å². The number of pyridine rings is 1. The summed E-state index contributed by atoms with van der Waals surface area (Å²) in [4.78, 5) is 28.3. The number of rotatable bonds is 5. The van der Waals surface area contributed by atoms with E-state index in [1.807, 2.05) is 13.0 Å². The maximum absolute atomic E-state index is 12.2. The lowest BCUT2D eigenvalue weighted by Crippen LogP contribution is -2.27. The van der Waals surface area contributed by atoms with Crippen LogP contribution in [0, 0.1) is 0 Å². The number of fused-ring (bicyclic) bond motifs is 1. The van der Waals surface area contributed by atoms with Crippen LogP contribution in [0.4, 0.5) is 0 Å². The Morgan fingerprint density at radius 1 is 1.29 bits per heavy atom. The molecule has 1 N–H and O–H groups in total. The first-order valence-corrected chi connectivity index (χ1v) is 7.55. The molecule has 24 heavy (non-hydrogen) atoms. The minimum Gasteiger partial charge on any atom is -0.494 e. The summed E-state index contributed by atoms with van der Waals surface area (Å²) in [5.41, 5.74) is 0.516. The van der Waals surface area contributed by atoms with Crippen molar-refractivity contribution in [2.24, 2.45) is 0 Å². The summed E-state index contributed by atoms with van der Waals surface area (Å²) < 4.78 is 10.6. The molecule has 0 unspecified atom stereocenters. The van der Waals surface area contributed by atoms with Crippen molar-refractivity contribution in [3.05, 3.63) is 70.3 Å². The normalized spacial score (nSPS) is 10.5. The Kier molecular flexibility index (Phi) is 4.56. The zero-order chi connectivity index (χ0) is 16.9. The first-order valence-electron chi connectivity index (χ1n) is 7.55. The minimum absolute atomic E-state index is 0.0319. The van der Waals surface area contributed by atoms with E-state index in [-0.39, 0.29) is 12.1 Å². The zero-order valence-electron chi connectivity index (χ0n) is 13.1. The van der Waals surface area contributed by atoms with E-state index in [2.05, 4.69) is 10.3 Å². The van der Waals surface area contributed by atoms with Crippen molar-refractivity contribution in [3.63, 3.8) is 0 Å². The van der Waals surface area contributed by atoms with Gasteiger partial charge in [0.15, 0.2) is 0 Å². The quantitative estimate of drug-likeness (QED) is 0.729. The van der Waals surface area contributed by atoms with Crippen molar-refractivity contribution in [1.29, 1.82) is 0 Å². The van der Waals surface area contributed by atoms with Gasteiger partial charge in [0.25, 0.3) is 5.91 Å². The standard InChI is InChI=1S/C18H16N2O4/c1-2-23-14-6-5-13-8-15(18(22)24-16(13)9-14)17(21)20-11-12-4-3-7-19-10-12/h3-10H,2,11H2,1H3,(H,20,21). The molecular weight excluding hydrogens is 308 g/mol. The fourth-order valence-electron chi connectivity index (χ4n) is 2.29. The van der Waals surface area contributed by atoms with Gasteiger partial charge >= 0.3 is 5.63 Å². The average Bonchev–Trinajstić information content (AvgIpc) is 2.60. The summed E-state index contributed by atoms with van der Waals surface area (Å²) >= 11 is 0. The number of carbonyl (C=O) groups is 1. The van der Waals surface area contributed by atoms with Crippen LogP contribution >= 0.6 is 0 Å². The molecule has 0 aliphatic heterocycles. The van der Waals surface area contributed by atoms with Crippen molar-refractivity contribution >= 4 is 16.9 Å². The predicted octanol–water partition coefficient (Wildman–Crippen LogP) is 2.52. The van der Waals surface area contributed by atoms with Gasteiger partial charge in [-0.2, -0.15) is 0 Å². The Morgan fingerprint density at radius 3 is 2.92 bits per heavy atom. The molecule has 1 aromatic carbocycles. The number of aromatic nitrogens is 1. The summed E-state index contributed by atoms with van der Waals surface area (Å²) in [6.07, 6.45) is 3.30. The number of carbonyl (C=O) groups excluding carboxylic acids is 1. The first kappa shape index (κ1) is 15.7. The van der Waals surface area contributed by atoms with Gasteiger partial charge in [0.05, 0.1) is 6.61 Å². The first-order chi connectivity index (χ1) is 11.7. The van der Waals surface area contributed by atoms with Gasteiger partial charge in [-0.15, -0.1) is 0 Å². The molecule has 122 valence electrons. The fraction of sp³-hybridized carbons (Fsp3) is 0.167. The van der Waals surface area contributed by atoms with Crippen LogP contribution in [-0.4, -0.2) is 17.5 Å². The summed E-state index contributed by atoms with van der Waals surface area (Å²) in [5.74, 6) is 0.130. The third-order valence-corrected chi connectivity index (χ3v) is 3.44. The molecule has 2 aromatic heterocycles. The molecule has 6 nitrogen and oxygen atoms in total. The van der Waals surface area contributed by atoms with Crippen LogP contribution < -0.4 is 15.7 Å². The lowest BCUT2D eigenvalue weighted by atomic mass is 10.1. The second-order valence-corrected chi connectivity index (χ2v) is 5.12. The Labute approximate surface area is 138 Å². The summed E-state index contributed by atoms with van der Waals surface area (Å²) in [6, 6.07) is 10.3. The van der Waals surface area contributed by atoms with Crippen molar-refractivity contribution in [2.75, 3.05) is 6.61 Å². The number of benzene rings is 1. The topological polar surface area (TPSA) is 81.4 Å². The van der Waals surface area contributed by atoms with E-state index in [1.54, 1.807) is 36.7 Å². The maximum atomic E-state index is 12.2. The second-order valence-electron chi connectivity index (χ2n) is 5.12. The Balaban J connectivity index is 1.83. The van der Waals surface area contributed by atoms with Crippen LogP contribution in [0.2, 0.25) is 0 Å². The largest absolute Gasteiger partial charge is 0.494 e. The minimum atomic E-state index is -0.681. The molecule has 6 heteroatoms. The average molecular weight is 324 g/mol. The van der Waals surface area contributed by atoms with E-state index < -0.39 is 11.5 Å². The van der Waals surface area contributed by atoms with Crippen molar-refractivity contribution in [1.82, 2.24) is 10.3 Å². The Hall–Kier alpha value is -3.15. The highest BCUT2D eigenvalue weighted by molar-refractivity contribution is 5.96. The lowest BCUT2D eigenvalue weighted by molar-refractivity contribution is 0.0947. The van der Waals surface area contributed by atoms with Crippen LogP contribution in [0.15, 0.2) is 58.0 Å². The molecular formula is C18H16N2O4. The zero-order valence-corrected chi connectivity index (χ0v) is 13.1. The highest BCUT2D eigenvalue weighted by Crippen LogP contribution is 2.20. The number of hydrogen-bond donors (Lipinski definition) is 1. The molecule has 0 saturated carbocycles. The van der Waals surface area contributed by atoms with Gasteiger partial charge < -0.3 is 14.5 Å². The van der Waals surface area contributed by atoms with Gasteiger partial charge in [-0.3, -0.25) is 9.78 Å². The van der Waals surface area contributed by atoms with Crippen LogP contribution in [0.1, 0.15) is 22.8 Å². The van der Waals surface area contributed by atoms with Gasteiger partial charge in [0.2, 0.25) is 0 Å². The molecule has 0 radical (unpaired) electrons. The van der Waals surface area contributed by atoms with E-state index in [0.717, 1.165) is 5.56 Å². The fourth-order valence-corrected chi connectivity index (χ4v) is 2.29. The van der Waals surface area contributed by atoms with Crippen LogP contribution in [0.3, 0.4) is 0 Å². The smallest absolute Gasteiger partial charge is 0.349 e. The van der Waals surface area contributed by atoms with Gasteiger partial charge in [-0.1, -0.05) is 6.07 Å². The van der Waals surface area contributed by atoms with Crippen molar-refractivity contribution < 1.29 is 13.9 Å². The molecule has 2 heterocycles. The SMILES string of the molecule is CCOc1ccc2cc(C(=O)NCc3cccnc3)c(=O)oc2c1. The molecule has 0 aliphatic carbocycles. The number of ether oxygens (including phenoxy) is 1. The summed E-state index contributed by atoms with van der Waals surface area (Å²) in [7, 11) is 0. The molecule has 0 aliphatic rings. The van der Waals surface area contributed by atoms with Crippen molar-refractivity contribution in [3.8, 4) is 5.75 Å². The number of amides is 1. The van der Waals surface area contributed by atoms with E-state index in [0.29, 0.717) is 23.3 Å². The number of nitrogens with zero attached hydrogens (tertiary/aromatic N) is 1.